The van der Waals surface area contributed by atoms with Gasteiger partial charge in [0.1, 0.15) is 0 Å². The van der Waals surface area contributed by atoms with Crippen molar-refractivity contribution in [3.05, 3.63) is 59.6 Å². The molecule has 2 aromatic rings. The number of halogens is 2. The first-order chi connectivity index (χ1) is 8.16. The summed E-state index contributed by atoms with van der Waals surface area (Å²) in [5, 5.41) is 2.56. The molecule has 0 atom stereocenters. The van der Waals surface area contributed by atoms with Gasteiger partial charge in [0.05, 0.1) is 12.5 Å². The number of hydrogen-bond donors (Lipinski definition) is 1. The lowest BCUT2D eigenvalue weighted by molar-refractivity contribution is 0.0950. The minimum atomic E-state index is -1.04. The molecule has 2 rings (SSSR count). The van der Waals surface area contributed by atoms with Crippen LogP contribution >= 0.6 is 0 Å². The maximum Gasteiger partial charge on any atom is 0.251 e. The van der Waals surface area contributed by atoms with E-state index in [0.29, 0.717) is 0 Å². The fourth-order valence-corrected chi connectivity index (χ4v) is 1.32. The van der Waals surface area contributed by atoms with Crippen molar-refractivity contribution in [2.45, 2.75) is 6.54 Å². The van der Waals surface area contributed by atoms with Gasteiger partial charge in [0.2, 0.25) is 0 Å². The van der Waals surface area contributed by atoms with Crippen LogP contribution < -0.4 is 5.32 Å². The van der Waals surface area contributed by atoms with Gasteiger partial charge in [-0.1, -0.05) is 0 Å². The van der Waals surface area contributed by atoms with Crippen LogP contribution in [0.3, 0.4) is 0 Å². The fourth-order valence-electron chi connectivity index (χ4n) is 1.32. The zero-order valence-electron chi connectivity index (χ0n) is 8.74. The molecule has 1 N–H and O–H groups in total. The molecule has 0 radical (unpaired) electrons. The average Bonchev–Trinajstić information content (AvgIpc) is 2.82. The Labute approximate surface area is 96.1 Å². The van der Waals surface area contributed by atoms with Gasteiger partial charge in [0.15, 0.2) is 11.6 Å². The van der Waals surface area contributed by atoms with E-state index in [0.717, 1.165) is 17.7 Å². The Balaban J connectivity index is 2.02. The molecule has 0 saturated heterocycles. The van der Waals surface area contributed by atoms with E-state index in [1.165, 1.54) is 18.6 Å². The summed E-state index contributed by atoms with van der Waals surface area (Å²) < 4.78 is 30.4. The summed E-state index contributed by atoms with van der Waals surface area (Å²) in [7, 11) is 0. The maximum absolute atomic E-state index is 12.9. The van der Waals surface area contributed by atoms with Crippen molar-refractivity contribution in [2.24, 2.45) is 0 Å². The second kappa shape index (κ2) is 4.78. The molecule has 3 nitrogen and oxygen atoms in total. The lowest BCUT2D eigenvalue weighted by atomic mass is 10.2. The molecule has 0 saturated carbocycles. The lowest BCUT2D eigenvalue weighted by Gasteiger charge is -2.03. The van der Waals surface area contributed by atoms with Crippen LogP contribution in [0.25, 0.3) is 0 Å². The largest absolute Gasteiger partial charge is 0.472 e. The number of amides is 1. The molecule has 0 aliphatic carbocycles. The number of carbonyl (C=O) groups excluding carboxylic acids is 1. The summed E-state index contributed by atoms with van der Waals surface area (Å²) in [4.78, 5) is 11.6. The second-order valence-corrected chi connectivity index (χ2v) is 3.44. The van der Waals surface area contributed by atoms with E-state index in [4.69, 9.17) is 4.42 Å². The molecule has 1 amide bonds. The summed E-state index contributed by atoms with van der Waals surface area (Å²) in [6.07, 6.45) is 2.98. The highest BCUT2D eigenvalue weighted by Gasteiger charge is 2.09. The molecule has 17 heavy (non-hydrogen) atoms. The predicted octanol–water partition coefficient (Wildman–Crippen LogP) is 2.49. The number of furan rings is 1. The highest BCUT2D eigenvalue weighted by molar-refractivity contribution is 5.94. The molecular weight excluding hydrogens is 228 g/mol. The molecule has 5 heteroatoms. The topological polar surface area (TPSA) is 42.2 Å². The summed E-state index contributed by atoms with van der Waals surface area (Å²) in [6, 6.07) is 4.71. The van der Waals surface area contributed by atoms with Gasteiger partial charge in [0, 0.05) is 17.7 Å². The summed E-state index contributed by atoms with van der Waals surface area (Å²) in [5.74, 6) is -2.48. The number of hydrogen-bond acceptors (Lipinski definition) is 2. The SMILES string of the molecule is O=C(NCc1ccoc1)c1ccc(F)c(F)c1. The standard InChI is InChI=1S/C12H9F2NO2/c13-10-2-1-9(5-11(10)14)12(16)15-6-8-3-4-17-7-8/h1-5,7H,6H2,(H,15,16). The Bertz CT molecular complexity index is 523. The van der Waals surface area contributed by atoms with Gasteiger partial charge in [-0.15, -0.1) is 0 Å². The molecule has 0 bridgehead atoms. The van der Waals surface area contributed by atoms with E-state index in [2.05, 4.69) is 5.32 Å². The number of benzene rings is 1. The predicted molar refractivity (Wildman–Crippen MR) is 56.2 cm³/mol. The zero-order chi connectivity index (χ0) is 12.3. The van der Waals surface area contributed by atoms with Crippen molar-refractivity contribution in [3.8, 4) is 0 Å². The Kier molecular flexibility index (Phi) is 3.18. The maximum atomic E-state index is 12.9. The molecule has 0 aliphatic rings. The smallest absolute Gasteiger partial charge is 0.251 e. The third-order valence-electron chi connectivity index (χ3n) is 2.21. The van der Waals surface area contributed by atoms with Crippen molar-refractivity contribution in [1.82, 2.24) is 5.32 Å². The van der Waals surface area contributed by atoms with Gasteiger partial charge in [-0.05, 0) is 24.3 Å². The highest BCUT2D eigenvalue weighted by Crippen LogP contribution is 2.09. The van der Waals surface area contributed by atoms with Crippen LogP contribution in [-0.4, -0.2) is 5.91 Å². The van der Waals surface area contributed by atoms with E-state index in [9.17, 15) is 13.6 Å². The van der Waals surface area contributed by atoms with E-state index in [1.54, 1.807) is 6.07 Å². The molecule has 88 valence electrons. The van der Waals surface area contributed by atoms with Gasteiger partial charge >= 0.3 is 0 Å². The van der Waals surface area contributed by atoms with Crippen molar-refractivity contribution in [2.75, 3.05) is 0 Å². The van der Waals surface area contributed by atoms with Crippen LogP contribution in [0.5, 0.6) is 0 Å². The van der Waals surface area contributed by atoms with Crippen LogP contribution in [0.1, 0.15) is 15.9 Å². The normalized spacial score (nSPS) is 10.2. The van der Waals surface area contributed by atoms with Gasteiger partial charge in [-0.25, -0.2) is 8.78 Å². The number of carbonyl (C=O) groups is 1. The van der Waals surface area contributed by atoms with Crippen molar-refractivity contribution < 1.29 is 18.0 Å². The number of nitrogens with one attached hydrogen (secondary N) is 1. The summed E-state index contributed by atoms with van der Waals surface area (Å²) in [5.41, 5.74) is 0.869. The Morgan fingerprint density at radius 2 is 2.06 bits per heavy atom. The monoisotopic (exact) mass is 237 g/mol. The Morgan fingerprint density at radius 1 is 1.24 bits per heavy atom. The van der Waals surface area contributed by atoms with Crippen molar-refractivity contribution in [1.29, 1.82) is 0 Å². The van der Waals surface area contributed by atoms with Crippen LogP contribution in [-0.2, 0) is 6.54 Å². The van der Waals surface area contributed by atoms with Crippen molar-refractivity contribution in [3.63, 3.8) is 0 Å². The molecule has 1 heterocycles. The Hall–Kier alpha value is -2.17. The van der Waals surface area contributed by atoms with Gasteiger partial charge in [-0.2, -0.15) is 0 Å². The first-order valence-electron chi connectivity index (χ1n) is 4.91. The van der Waals surface area contributed by atoms with Crippen LogP contribution in [0.2, 0.25) is 0 Å². The van der Waals surface area contributed by atoms with E-state index in [-0.39, 0.29) is 12.1 Å². The average molecular weight is 237 g/mol. The molecule has 1 aromatic carbocycles. The first kappa shape index (κ1) is 11.3. The third-order valence-corrected chi connectivity index (χ3v) is 2.21. The quantitative estimate of drug-likeness (QED) is 0.891. The van der Waals surface area contributed by atoms with Gasteiger partial charge < -0.3 is 9.73 Å². The second-order valence-electron chi connectivity index (χ2n) is 3.44. The van der Waals surface area contributed by atoms with Crippen LogP contribution in [0.4, 0.5) is 8.78 Å². The molecule has 0 unspecified atom stereocenters. The molecule has 0 spiro atoms. The minimum Gasteiger partial charge on any atom is -0.472 e. The van der Waals surface area contributed by atoms with E-state index >= 15 is 0 Å². The van der Waals surface area contributed by atoms with Gasteiger partial charge in [-0.3, -0.25) is 4.79 Å². The third kappa shape index (κ3) is 2.69. The van der Waals surface area contributed by atoms with E-state index in [1.807, 2.05) is 0 Å². The molecular formula is C12H9F2NO2. The summed E-state index contributed by atoms with van der Waals surface area (Å²) >= 11 is 0. The lowest BCUT2D eigenvalue weighted by Crippen LogP contribution is -2.22. The Morgan fingerprint density at radius 3 is 2.71 bits per heavy atom. The first-order valence-corrected chi connectivity index (χ1v) is 4.91. The van der Waals surface area contributed by atoms with Crippen LogP contribution in [0.15, 0.2) is 41.2 Å². The molecule has 0 aliphatic heterocycles. The van der Waals surface area contributed by atoms with Crippen LogP contribution in [0, 0.1) is 11.6 Å². The van der Waals surface area contributed by atoms with Crippen molar-refractivity contribution >= 4 is 5.91 Å². The molecule has 0 fully saturated rings. The zero-order valence-corrected chi connectivity index (χ0v) is 8.74. The number of rotatable bonds is 3. The van der Waals surface area contributed by atoms with E-state index < -0.39 is 17.5 Å². The molecule has 1 aromatic heterocycles. The van der Waals surface area contributed by atoms with Gasteiger partial charge in [0.25, 0.3) is 5.91 Å². The fraction of sp³-hybridized carbons (Fsp3) is 0.0833. The summed E-state index contributed by atoms with van der Waals surface area (Å²) in [6.45, 7) is 0.272. The highest BCUT2D eigenvalue weighted by atomic mass is 19.2. The minimum absolute atomic E-state index is 0.0763.